The molecule has 3 aromatic rings. The van der Waals surface area contributed by atoms with E-state index in [9.17, 15) is 9.18 Å². The summed E-state index contributed by atoms with van der Waals surface area (Å²) >= 11 is 12.2. The molecule has 0 aliphatic carbocycles. The molecule has 2 aromatic heterocycles. The van der Waals surface area contributed by atoms with Crippen LogP contribution in [0.2, 0.25) is 10.0 Å². The Bertz CT molecular complexity index is 1040. The number of benzene rings is 1. The van der Waals surface area contributed by atoms with Crippen LogP contribution in [0.4, 0.5) is 4.39 Å². The molecule has 0 fully saturated rings. The number of hydrogen-bond acceptors (Lipinski definition) is 4. The van der Waals surface area contributed by atoms with Crippen molar-refractivity contribution in [1.29, 1.82) is 0 Å². The third kappa shape index (κ3) is 4.26. The first-order chi connectivity index (χ1) is 13.3. The Morgan fingerprint density at radius 2 is 2.07 bits per heavy atom. The fourth-order valence-corrected chi connectivity index (χ4v) is 3.37. The van der Waals surface area contributed by atoms with Crippen LogP contribution in [-0.4, -0.2) is 25.8 Å². The van der Waals surface area contributed by atoms with E-state index < -0.39 is 17.9 Å². The summed E-state index contributed by atoms with van der Waals surface area (Å²) in [6.07, 6.45) is 4.16. The van der Waals surface area contributed by atoms with Crippen LogP contribution in [0.3, 0.4) is 0 Å². The highest BCUT2D eigenvalue weighted by atomic mass is 35.5. The van der Waals surface area contributed by atoms with Crippen LogP contribution in [0.1, 0.15) is 24.3 Å². The van der Waals surface area contributed by atoms with Gasteiger partial charge in [0.05, 0.1) is 16.9 Å². The van der Waals surface area contributed by atoms with Gasteiger partial charge in [-0.2, -0.15) is 5.10 Å². The summed E-state index contributed by atoms with van der Waals surface area (Å²) in [4.78, 5) is 15.1. The van der Waals surface area contributed by atoms with Gasteiger partial charge in [0.25, 0.3) is 0 Å². The first-order valence-corrected chi connectivity index (χ1v) is 9.03. The average molecular weight is 424 g/mol. The maximum Gasteiger partial charge on any atom is 0.325 e. The number of nitrogens with zero attached hydrogens (tertiary/aromatic N) is 3. The van der Waals surface area contributed by atoms with Gasteiger partial charge >= 0.3 is 5.97 Å². The van der Waals surface area contributed by atoms with Crippen LogP contribution >= 0.6 is 23.2 Å². The van der Waals surface area contributed by atoms with E-state index in [0.717, 1.165) is 0 Å². The monoisotopic (exact) mass is 423 g/mol. The number of halogens is 3. The highest BCUT2D eigenvalue weighted by Crippen LogP contribution is 2.36. The summed E-state index contributed by atoms with van der Waals surface area (Å²) in [6.45, 7) is 3.24. The van der Waals surface area contributed by atoms with Crippen molar-refractivity contribution in [3.8, 4) is 16.9 Å². The topological polar surface area (TPSA) is 77.2 Å². The molecule has 1 aromatic carbocycles. The van der Waals surface area contributed by atoms with Crippen molar-refractivity contribution in [3.05, 3.63) is 63.9 Å². The Morgan fingerprint density at radius 1 is 1.32 bits per heavy atom. The lowest BCUT2D eigenvalue weighted by Gasteiger charge is -2.19. The minimum absolute atomic E-state index is 0.0864. The summed E-state index contributed by atoms with van der Waals surface area (Å²) < 4.78 is 21.1. The van der Waals surface area contributed by atoms with Gasteiger partial charge in [0.2, 0.25) is 0 Å². The van der Waals surface area contributed by atoms with Gasteiger partial charge < -0.3 is 9.84 Å². The van der Waals surface area contributed by atoms with E-state index >= 15 is 0 Å². The number of rotatable bonds is 6. The SMILES string of the molecule is Cc1ncc(-c2cnn(CC(=O)O)c2)cc1OC(C)c1c(Cl)ccc(F)c1Cl. The van der Waals surface area contributed by atoms with Crippen molar-refractivity contribution in [2.45, 2.75) is 26.5 Å². The lowest BCUT2D eigenvalue weighted by molar-refractivity contribution is -0.137. The van der Waals surface area contributed by atoms with Crippen LogP contribution < -0.4 is 4.74 Å². The number of carboxylic acid groups (broad SMARTS) is 1. The number of carboxylic acids is 1. The lowest BCUT2D eigenvalue weighted by Crippen LogP contribution is -2.08. The van der Waals surface area contributed by atoms with Crippen molar-refractivity contribution in [2.24, 2.45) is 0 Å². The molecule has 3 rings (SSSR count). The largest absolute Gasteiger partial charge is 0.484 e. The highest BCUT2D eigenvalue weighted by molar-refractivity contribution is 6.36. The molecule has 6 nitrogen and oxygen atoms in total. The number of aryl methyl sites for hydroxylation is 1. The zero-order valence-corrected chi connectivity index (χ0v) is 16.5. The normalized spacial score (nSPS) is 12.0. The molecular formula is C19H16Cl2FN3O3. The van der Waals surface area contributed by atoms with E-state index in [0.29, 0.717) is 33.2 Å². The summed E-state index contributed by atoms with van der Waals surface area (Å²) in [6, 6.07) is 4.38. The molecule has 2 heterocycles. The fourth-order valence-electron chi connectivity index (χ4n) is 2.69. The molecule has 0 aliphatic heterocycles. The zero-order valence-electron chi connectivity index (χ0n) is 15.0. The van der Waals surface area contributed by atoms with Crippen LogP contribution in [0, 0.1) is 12.7 Å². The van der Waals surface area contributed by atoms with Crippen LogP contribution in [0.15, 0.2) is 36.8 Å². The molecule has 0 spiro atoms. The third-order valence-corrected chi connectivity index (χ3v) is 4.81. The number of pyridine rings is 1. The Morgan fingerprint density at radius 3 is 2.79 bits per heavy atom. The van der Waals surface area contributed by atoms with Crippen LogP contribution in [0.25, 0.3) is 11.1 Å². The smallest absolute Gasteiger partial charge is 0.325 e. The predicted molar refractivity (Wildman–Crippen MR) is 103 cm³/mol. The Kier molecular flexibility index (Phi) is 5.86. The number of ether oxygens (including phenoxy) is 1. The predicted octanol–water partition coefficient (Wildman–Crippen LogP) is 4.92. The third-order valence-electron chi connectivity index (χ3n) is 4.09. The van der Waals surface area contributed by atoms with E-state index in [-0.39, 0.29) is 11.6 Å². The molecule has 0 radical (unpaired) electrons. The molecule has 1 N–H and O–H groups in total. The van der Waals surface area contributed by atoms with Gasteiger partial charge in [-0.3, -0.25) is 14.5 Å². The van der Waals surface area contributed by atoms with E-state index in [4.69, 9.17) is 33.0 Å². The maximum atomic E-state index is 13.8. The maximum absolute atomic E-state index is 13.8. The van der Waals surface area contributed by atoms with E-state index in [2.05, 4.69) is 10.1 Å². The minimum Gasteiger partial charge on any atom is -0.484 e. The van der Waals surface area contributed by atoms with Crippen molar-refractivity contribution >= 4 is 29.2 Å². The summed E-state index contributed by atoms with van der Waals surface area (Å²) in [5.74, 6) is -1.10. The first kappa shape index (κ1) is 20.1. The van der Waals surface area contributed by atoms with E-state index in [1.165, 1.54) is 16.8 Å². The molecule has 146 valence electrons. The van der Waals surface area contributed by atoms with Gasteiger partial charge in [-0.05, 0) is 32.0 Å². The average Bonchev–Trinajstić information content (AvgIpc) is 3.08. The molecule has 0 amide bonds. The molecule has 1 unspecified atom stereocenters. The van der Waals surface area contributed by atoms with Gasteiger partial charge in [-0.15, -0.1) is 0 Å². The van der Waals surface area contributed by atoms with Gasteiger partial charge in [0.1, 0.15) is 24.2 Å². The van der Waals surface area contributed by atoms with Gasteiger partial charge in [0, 0.05) is 34.1 Å². The molecule has 28 heavy (non-hydrogen) atoms. The van der Waals surface area contributed by atoms with Gasteiger partial charge in [0.15, 0.2) is 0 Å². The number of aromatic nitrogens is 3. The number of carbonyl (C=O) groups is 1. The van der Waals surface area contributed by atoms with Gasteiger partial charge in [-0.1, -0.05) is 23.2 Å². The second kappa shape index (κ2) is 8.16. The molecule has 0 saturated carbocycles. The molecule has 0 saturated heterocycles. The Labute approximate surface area is 170 Å². The number of hydrogen-bond donors (Lipinski definition) is 1. The Balaban J connectivity index is 1.89. The van der Waals surface area contributed by atoms with E-state index in [1.807, 2.05) is 0 Å². The summed E-state index contributed by atoms with van der Waals surface area (Å²) in [5.41, 5.74) is 2.36. The zero-order chi connectivity index (χ0) is 20.4. The fraction of sp³-hybridized carbons (Fsp3) is 0.211. The molecule has 1 atom stereocenters. The molecule has 0 aliphatic rings. The van der Waals surface area contributed by atoms with Crippen LogP contribution in [-0.2, 0) is 11.3 Å². The Hall–Kier alpha value is -2.64. The summed E-state index contributed by atoms with van der Waals surface area (Å²) in [5, 5.41) is 13.1. The number of aliphatic carboxylic acids is 1. The van der Waals surface area contributed by atoms with Gasteiger partial charge in [-0.25, -0.2) is 4.39 Å². The molecular weight excluding hydrogens is 408 g/mol. The lowest BCUT2D eigenvalue weighted by atomic mass is 10.1. The first-order valence-electron chi connectivity index (χ1n) is 8.27. The van der Waals surface area contributed by atoms with Crippen molar-refractivity contribution in [2.75, 3.05) is 0 Å². The summed E-state index contributed by atoms with van der Waals surface area (Å²) in [7, 11) is 0. The van der Waals surface area contributed by atoms with Crippen molar-refractivity contribution in [3.63, 3.8) is 0 Å². The highest BCUT2D eigenvalue weighted by Gasteiger charge is 2.20. The minimum atomic E-state index is -0.988. The van der Waals surface area contributed by atoms with E-state index in [1.54, 1.807) is 38.5 Å². The van der Waals surface area contributed by atoms with Crippen molar-refractivity contribution < 1.29 is 19.0 Å². The van der Waals surface area contributed by atoms with Crippen molar-refractivity contribution in [1.82, 2.24) is 14.8 Å². The molecule has 0 bridgehead atoms. The molecule has 9 heteroatoms. The quantitative estimate of drug-likeness (QED) is 0.569. The second-order valence-corrected chi connectivity index (χ2v) is 6.93. The second-order valence-electron chi connectivity index (χ2n) is 6.14. The van der Waals surface area contributed by atoms with Crippen LogP contribution in [0.5, 0.6) is 5.75 Å². The standard InChI is InChI=1S/C19H16Cl2FN3O3/c1-10-16(28-11(2)18-14(20)3-4-15(22)19(18)21)5-12(6-23-10)13-7-24-25(8-13)9-17(26)27/h3-8,11H,9H2,1-2H3,(H,26,27).